The van der Waals surface area contributed by atoms with Crippen LogP contribution in [0.3, 0.4) is 0 Å². The van der Waals surface area contributed by atoms with Crippen LogP contribution in [0.1, 0.15) is 50.4 Å². The summed E-state index contributed by atoms with van der Waals surface area (Å²) in [5.74, 6) is 0.0596. The topological polar surface area (TPSA) is 99.6 Å². The average Bonchev–Trinajstić information content (AvgIpc) is 3.45. The second kappa shape index (κ2) is 13.9. The monoisotopic (exact) mass is 581 g/mol. The van der Waals surface area contributed by atoms with Crippen molar-refractivity contribution in [2.75, 3.05) is 52.3 Å². The molecule has 1 amide bonds. The fraction of sp³-hybridized carbons (Fsp3) is 0.607. The van der Waals surface area contributed by atoms with Crippen LogP contribution in [-0.2, 0) is 14.8 Å². The number of likely N-dealkylation sites (N-methyl/N-ethyl adjacent to an activating group) is 1. The van der Waals surface area contributed by atoms with E-state index in [2.05, 4.69) is 0 Å². The van der Waals surface area contributed by atoms with Gasteiger partial charge in [-0.3, -0.25) is 4.79 Å². The molecule has 39 heavy (non-hydrogen) atoms. The fourth-order valence-electron chi connectivity index (χ4n) is 4.57. The quantitative estimate of drug-likeness (QED) is 0.529. The van der Waals surface area contributed by atoms with Gasteiger partial charge in [-0.2, -0.15) is 4.31 Å². The van der Waals surface area contributed by atoms with E-state index in [4.69, 9.17) is 9.47 Å². The smallest absolute Gasteiger partial charge is 0.258 e. The zero-order valence-corrected chi connectivity index (χ0v) is 25.5. The lowest BCUT2D eigenvalue weighted by Gasteiger charge is -2.35. The molecule has 0 radical (unpaired) electrons. The van der Waals surface area contributed by atoms with Crippen molar-refractivity contribution in [2.45, 2.75) is 62.5 Å². The fourth-order valence-corrected chi connectivity index (χ4v) is 6.95. The van der Waals surface area contributed by atoms with Gasteiger partial charge in [0, 0.05) is 52.4 Å². The highest BCUT2D eigenvalue weighted by Gasteiger charge is 2.32. The van der Waals surface area contributed by atoms with Crippen LogP contribution in [0.2, 0.25) is 0 Å². The van der Waals surface area contributed by atoms with E-state index in [0.717, 1.165) is 24.9 Å². The van der Waals surface area contributed by atoms with E-state index in [1.807, 2.05) is 51.0 Å². The van der Waals surface area contributed by atoms with Gasteiger partial charge in [-0.1, -0.05) is 13.0 Å². The zero-order valence-electron chi connectivity index (χ0n) is 23.9. The molecular formula is C28H43N3O6S2. The number of hydrogen-bond acceptors (Lipinski definition) is 8. The SMILES string of the molecule is C[C@@H]1CCCCO[C@H](CN(C)S(=O)(=O)c2cccs2)[C@@H](C)CN([C@H](C)CO)C(=O)c2cc(N(C)C)ccc2O1. The van der Waals surface area contributed by atoms with E-state index in [9.17, 15) is 18.3 Å². The number of amides is 1. The van der Waals surface area contributed by atoms with Crippen LogP contribution < -0.4 is 9.64 Å². The van der Waals surface area contributed by atoms with E-state index in [0.29, 0.717) is 17.9 Å². The maximum absolute atomic E-state index is 14.0. The van der Waals surface area contributed by atoms with Crippen LogP contribution in [-0.4, -0.2) is 94.3 Å². The minimum absolute atomic E-state index is 0.106. The number of rotatable bonds is 7. The van der Waals surface area contributed by atoms with Crippen LogP contribution >= 0.6 is 11.3 Å². The van der Waals surface area contributed by atoms with Crippen LogP contribution in [0.5, 0.6) is 5.75 Å². The molecule has 0 fully saturated rings. The molecule has 2 aromatic rings. The molecule has 9 nitrogen and oxygen atoms in total. The van der Waals surface area contributed by atoms with E-state index in [1.54, 1.807) is 36.4 Å². The lowest BCUT2D eigenvalue weighted by Crippen LogP contribution is -2.48. The molecule has 0 saturated carbocycles. The van der Waals surface area contributed by atoms with Crippen molar-refractivity contribution in [3.8, 4) is 5.75 Å². The van der Waals surface area contributed by atoms with Gasteiger partial charge < -0.3 is 24.4 Å². The van der Waals surface area contributed by atoms with Gasteiger partial charge in [-0.15, -0.1) is 11.3 Å². The Hall–Kier alpha value is -2.18. The molecule has 1 N–H and O–H groups in total. The van der Waals surface area contributed by atoms with Crippen molar-refractivity contribution in [2.24, 2.45) is 5.92 Å². The van der Waals surface area contributed by atoms with E-state index >= 15 is 0 Å². The Morgan fingerprint density at radius 1 is 1.18 bits per heavy atom. The highest BCUT2D eigenvalue weighted by atomic mass is 32.2. The molecule has 0 unspecified atom stereocenters. The van der Waals surface area contributed by atoms with Crippen molar-refractivity contribution >= 4 is 33.0 Å². The Balaban J connectivity index is 1.96. The largest absolute Gasteiger partial charge is 0.490 e. The normalized spacial score (nSPS) is 22.6. The van der Waals surface area contributed by atoms with Gasteiger partial charge in [-0.25, -0.2) is 8.42 Å². The Morgan fingerprint density at radius 3 is 2.56 bits per heavy atom. The molecule has 4 atom stereocenters. The summed E-state index contributed by atoms with van der Waals surface area (Å²) in [5, 5.41) is 11.8. The lowest BCUT2D eigenvalue weighted by atomic mass is 10.0. The summed E-state index contributed by atoms with van der Waals surface area (Å²) < 4.78 is 40.4. The highest BCUT2D eigenvalue weighted by Crippen LogP contribution is 2.29. The van der Waals surface area contributed by atoms with Gasteiger partial charge in [-0.05, 0) is 62.8 Å². The zero-order chi connectivity index (χ0) is 28.7. The number of aliphatic hydroxyl groups excluding tert-OH is 1. The molecule has 0 aliphatic carbocycles. The number of benzene rings is 1. The molecule has 11 heteroatoms. The lowest BCUT2D eigenvalue weighted by molar-refractivity contribution is -0.00832. The summed E-state index contributed by atoms with van der Waals surface area (Å²) in [6, 6.07) is 8.45. The van der Waals surface area contributed by atoms with Crippen LogP contribution in [0.15, 0.2) is 39.9 Å². The first kappa shape index (κ1) is 31.3. The third kappa shape index (κ3) is 7.94. The Bertz CT molecular complexity index is 1170. The van der Waals surface area contributed by atoms with E-state index < -0.39 is 22.2 Å². The molecule has 0 bridgehead atoms. The minimum atomic E-state index is -3.65. The molecule has 218 valence electrons. The Morgan fingerprint density at radius 2 is 1.92 bits per heavy atom. The molecule has 0 saturated heterocycles. The summed E-state index contributed by atoms with van der Waals surface area (Å²) in [6.45, 7) is 6.44. The molecule has 3 rings (SSSR count). The first-order valence-corrected chi connectivity index (χ1v) is 15.8. The van der Waals surface area contributed by atoms with Crippen LogP contribution in [0.4, 0.5) is 5.69 Å². The van der Waals surface area contributed by atoms with Crippen LogP contribution in [0.25, 0.3) is 0 Å². The number of aliphatic hydroxyl groups is 1. The molecular weight excluding hydrogens is 538 g/mol. The maximum atomic E-state index is 14.0. The first-order chi connectivity index (χ1) is 18.4. The first-order valence-electron chi connectivity index (χ1n) is 13.5. The van der Waals surface area contributed by atoms with Gasteiger partial charge >= 0.3 is 0 Å². The predicted molar refractivity (Wildman–Crippen MR) is 155 cm³/mol. The van der Waals surface area contributed by atoms with Crippen LogP contribution in [0, 0.1) is 5.92 Å². The summed E-state index contributed by atoms with van der Waals surface area (Å²) in [4.78, 5) is 17.6. The summed E-state index contributed by atoms with van der Waals surface area (Å²) in [6.07, 6.45) is 1.91. The van der Waals surface area contributed by atoms with Crippen molar-refractivity contribution in [3.63, 3.8) is 0 Å². The predicted octanol–water partition coefficient (Wildman–Crippen LogP) is 3.93. The average molecular weight is 582 g/mol. The standard InChI is InChI=1S/C28H43N3O6S2/c1-20-17-31(21(2)19-32)28(33)24-16-23(29(4)5)12-13-25(24)37-22(3)10-7-8-14-36-26(20)18-30(6)39(34,35)27-11-9-15-38-27/h9,11-13,15-16,20-22,26,32H,7-8,10,14,17-19H2,1-6H3/t20-,21+,22+,26+/m0/s1. The molecule has 1 aliphatic rings. The number of ether oxygens (including phenoxy) is 2. The summed E-state index contributed by atoms with van der Waals surface area (Å²) in [5.41, 5.74) is 1.30. The molecule has 0 spiro atoms. The molecule has 1 aromatic heterocycles. The number of nitrogens with zero attached hydrogens (tertiary/aromatic N) is 3. The van der Waals surface area contributed by atoms with Gasteiger partial charge in [0.2, 0.25) is 0 Å². The van der Waals surface area contributed by atoms with E-state index in [1.165, 1.54) is 15.6 Å². The van der Waals surface area contributed by atoms with E-state index in [-0.39, 0.29) is 41.8 Å². The minimum Gasteiger partial charge on any atom is -0.490 e. The Kier molecular flexibility index (Phi) is 11.2. The number of anilines is 1. The van der Waals surface area contributed by atoms with Crippen molar-refractivity contribution < 1.29 is 27.8 Å². The van der Waals surface area contributed by atoms with Gasteiger partial charge in [0.05, 0.1) is 30.4 Å². The number of sulfonamides is 1. The van der Waals surface area contributed by atoms with Crippen molar-refractivity contribution in [1.82, 2.24) is 9.21 Å². The number of fused-ring (bicyclic) bond motifs is 1. The molecule has 1 aliphatic heterocycles. The number of carbonyl (C=O) groups excluding carboxylic acids is 1. The van der Waals surface area contributed by atoms with Gasteiger partial charge in [0.25, 0.3) is 15.9 Å². The maximum Gasteiger partial charge on any atom is 0.258 e. The van der Waals surface area contributed by atoms with Crippen molar-refractivity contribution in [3.05, 3.63) is 41.3 Å². The van der Waals surface area contributed by atoms with Gasteiger partial charge in [0.15, 0.2) is 0 Å². The molecule has 1 aromatic carbocycles. The Labute approximate surface area is 237 Å². The van der Waals surface area contributed by atoms with Crippen molar-refractivity contribution in [1.29, 1.82) is 0 Å². The third-order valence-electron chi connectivity index (χ3n) is 7.15. The highest BCUT2D eigenvalue weighted by molar-refractivity contribution is 7.91. The second-order valence-electron chi connectivity index (χ2n) is 10.6. The second-order valence-corrected chi connectivity index (χ2v) is 13.8. The number of thiophene rings is 1. The summed E-state index contributed by atoms with van der Waals surface area (Å²) in [7, 11) is 1.74. The number of carbonyl (C=O) groups is 1. The summed E-state index contributed by atoms with van der Waals surface area (Å²) >= 11 is 1.18. The number of hydrogen-bond donors (Lipinski definition) is 1. The van der Waals surface area contributed by atoms with Gasteiger partial charge in [0.1, 0.15) is 9.96 Å². The third-order valence-corrected chi connectivity index (χ3v) is 10.3. The molecule has 2 heterocycles.